The van der Waals surface area contributed by atoms with Crippen molar-refractivity contribution in [3.63, 3.8) is 0 Å². The molecule has 0 radical (unpaired) electrons. The van der Waals surface area contributed by atoms with Crippen molar-refractivity contribution in [1.82, 2.24) is 4.90 Å². The van der Waals surface area contributed by atoms with Gasteiger partial charge >= 0.3 is 5.97 Å². The molecule has 0 atom stereocenters. The normalized spacial score (nSPS) is 15.4. The summed E-state index contributed by atoms with van der Waals surface area (Å²) >= 11 is 0. The van der Waals surface area contributed by atoms with E-state index in [1.54, 1.807) is 12.2 Å². The van der Waals surface area contributed by atoms with Crippen LogP contribution in [0.2, 0.25) is 19.6 Å². The number of allylic oxidation sites excluding steroid dienone is 2. The van der Waals surface area contributed by atoms with E-state index in [1.807, 2.05) is 35.2 Å². The molecule has 0 fully saturated rings. The van der Waals surface area contributed by atoms with Gasteiger partial charge in [0.15, 0.2) is 5.78 Å². The Morgan fingerprint density at radius 2 is 1.68 bits per heavy atom. The molecule has 0 bridgehead atoms. The fraction of sp³-hybridized carbons (Fsp3) is 0.409. The molecule has 0 spiro atoms. The molecule has 2 rings (SSSR count). The molecule has 0 aromatic heterocycles. The van der Waals surface area contributed by atoms with Crippen molar-refractivity contribution < 1.29 is 19.1 Å². The topological polar surface area (TPSA) is 63.7 Å². The van der Waals surface area contributed by atoms with Crippen LogP contribution in [0.1, 0.15) is 18.9 Å². The third-order valence-corrected chi connectivity index (χ3v) is 5.75. The van der Waals surface area contributed by atoms with E-state index in [2.05, 4.69) is 19.6 Å². The van der Waals surface area contributed by atoms with Crippen molar-refractivity contribution >= 4 is 25.7 Å². The lowest BCUT2D eigenvalue weighted by molar-refractivity contribution is -0.145. The van der Waals surface area contributed by atoms with Crippen LogP contribution in [0.15, 0.2) is 54.6 Å². The third-order valence-electron chi connectivity index (χ3n) is 4.42. The lowest BCUT2D eigenvalue weighted by Crippen LogP contribution is -2.45. The molecular formula is C22H29NO4Si. The second-order valence-corrected chi connectivity index (χ2v) is 14.0. The van der Waals surface area contributed by atoms with E-state index in [9.17, 15) is 14.4 Å². The van der Waals surface area contributed by atoms with Gasteiger partial charge in [-0.3, -0.25) is 14.4 Å². The summed E-state index contributed by atoms with van der Waals surface area (Å²) in [5.74, 6) is -0.551. The first-order chi connectivity index (χ1) is 13.1. The van der Waals surface area contributed by atoms with Gasteiger partial charge in [-0.1, -0.05) is 62.1 Å². The molecule has 0 unspecified atom stereocenters. The van der Waals surface area contributed by atoms with E-state index in [-0.39, 0.29) is 24.7 Å². The largest absolute Gasteiger partial charge is 0.465 e. The Kier molecular flexibility index (Phi) is 7.13. The summed E-state index contributed by atoms with van der Waals surface area (Å²) in [7, 11) is -1.54. The van der Waals surface area contributed by atoms with Gasteiger partial charge in [0.05, 0.1) is 13.5 Å². The minimum absolute atomic E-state index is 0.0120. The van der Waals surface area contributed by atoms with E-state index >= 15 is 0 Å². The van der Waals surface area contributed by atoms with Gasteiger partial charge in [-0.2, -0.15) is 0 Å². The fourth-order valence-electron chi connectivity index (χ4n) is 3.11. The number of hydrogen-bond acceptors (Lipinski definition) is 4. The van der Waals surface area contributed by atoms with Gasteiger partial charge in [0.2, 0.25) is 5.91 Å². The van der Waals surface area contributed by atoms with Crippen LogP contribution in [0.25, 0.3) is 0 Å². The van der Waals surface area contributed by atoms with Gasteiger partial charge in [-0.25, -0.2) is 0 Å². The quantitative estimate of drug-likeness (QED) is 0.496. The molecule has 6 heteroatoms. The van der Waals surface area contributed by atoms with Crippen molar-refractivity contribution in [3.05, 3.63) is 60.2 Å². The van der Waals surface area contributed by atoms with Gasteiger partial charge < -0.3 is 9.64 Å². The maximum Gasteiger partial charge on any atom is 0.302 e. The van der Waals surface area contributed by atoms with E-state index in [0.29, 0.717) is 6.54 Å². The number of ketones is 1. The third kappa shape index (κ3) is 6.92. The van der Waals surface area contributed by atoms with Crippen LogP contribution in [0.3, 0.4) is 0 Å². The van der Waals surface area contributed by atoms with Crippen LogP contribution < -0.4 is 0 Å². The minimum atomic E-state index is -1.54. The Morgan fingerprint density at radius 3 is 2.21 bits per heavy atom. The second-order valence-electron chi connectivity index (χ2n) is 8.56. The highest BCUT2D eigenvalue weighted by atomic mass is 28.3. The van der Waals surface area contributed by atoms with E-state index in [0.717, 1.165) is 11.7 Å². The number of rotatable bonds is 8. The summed E-state index contributed by atoms with van der Waals surface area (Å²) in [6.07, 6.45) is 7.14. The highest BCUT2D eigenvalue weighted by molar-refractivity contribution is 6.76. The lowest BCUT2D eigenvalue weighted by atomic mass is 9.81. The monoisotopic (exact) mass is 399 g/mol. The summed E-state index contributed by atoms with van der Waals surface area (Å²) in [4.78, 5) is 38.1. The maximum absolute atomic E-state index is 13.3. The van der Waals surface area contributed by atoms with E-state index in [4.69, 9.17) is 4.74 Å². The Hall–Kier alpha value is -2.47. The van der Waals surface area contributed by atoms with Gasteiger partial charge in [0, 0.05) is 26.1 Å². The second kappa shape index (κ2) is 9.15. The zero-order valence-electron chi connectivity index (χ0n) is 17.1. The molecular weight excluding hydrogens is 370 g/mol. The van der Waals surface area contributed by atoms with Gasteiger partial charge in [0.1, 0.15) is 6.61 Å². The van der Waals surface area contributed by atoms with Crippen LogP contribution in [-0.4, -0.2) is 43.4 Å². The fourth-order valence-corrected chi connectivity index (χ4v) is 4.54. The molecule has 1 aromatic rings. The first kappa shape index (κ1) is 21.8. The van der Waals surface area contributed by atoms with Gasteiger partial charge in [-0.05, 0) is 17.7 Å². The summed E-state index contributed by atoms with van der Waals surface area (Å²) in [6.45, 7) is 8.61. The Morgan fingerprint density at radius 1 is 1.07 bits per heavy atom. The van der Waals surface area contributed by atoms with Crippen molar-refractivity contribution in [2.24, 2.45) is 5.41 Å². The number of nitrogens with zero attached hydrogens (tertiary/aromatic N) is 1. The molecule has 1 aliphatic carbocycles. The summed E-state index contributed by atoms with van der Waals surface area (Å²) in [6, 6.07) is 9.91. The number of ether oxygens (including phenoxy) is 1. The first-order valence-corrected chi connectivity index (χ1v) is 13.2. The molecule has 1 aromatic carbocycles. The number of carbonyl (C=O) groups is 3. The number of benzene rings is 1. The first-order valence-electron chi connectivity index (χ1n) is 9.46. The molecule has 0 saturated heterocycles. The van der Waals surface area contributed by atoms with Crippen LogP contribution in [-0.2, 0) is 25.7 Å². The predicted molar refractivity (Wildman–Crippen MR) is 112 cm³/mol. The average Bonchev–Trinajstić information content (AvgIpc) is 2.62. The van der Waals surface area contributed by atoms with Crippen LogP contribution in [0.5, 0.6) is 0 Å². The maximum atomic E-state index is 13.3. The molecule has 150 valence electrons. The highest BCUT2D eigenvalue weighted by Crippen LogP contribution is 2.31. The van der Waals surface area contributed by atoms with Crippen molar-refractivity contribution in [1.29, 1.82) is 0 Å². The molecule has 0 heterocycles. The molecule has 1 amide bonds. The molecule has 0 saturated carbocycles. The molecule has 28 heavy (non-hydrogen) atoms. The summed E-state index contributed by atoms with van der Waals surface area (Å²) < 4.78 is 5.20. The number of carbonyl (C=O) groups excluding carboxylic acids is 3. The molecule has 0 aliphatic heterocycles. The Labute approximate surface area is 168 Å². The predicted octanol–water partition coefficient (Wildman–Crippen LogP) is 3.53. The zero-order chi connectivity index (χ0) is 20.8. The van der Waals surface area contributed by atoms with E-state index in [1.165, 1.54) is 19.1 Å². The van der Waals surface area contributed by atoms with Gasteiger partial charge in [-0.15, -0.1) is 0 Å². The van der Waals surface area contributed by atoms with Crippen LogP contribution >= 0.6 is 0 Å². The summed E-state index contributed by atoms with van der Waals surface area (Å²) in [5, 5.41) is 0. The Bertz CT molecular complexity index is 761. The van der Waals surface area contributed by atoms with Crippen LogP contribution in [0.4, 0.5) is 0 Å². The number of hydrogen-bond donors (Lipinski definition) is 0. The molecule has 5 nitrogen and oxygen atoms in total. The van der Waals surface area contributed by atoms with Crippen molar-refractivity contribution in [2.75, 3.05) is 12.8 Å². The van der Waals surface area contributed by atoms with E-state index < -0.39 is 19.5 Å². The number of esters is 1. The lowest BCUT2D eigenvalue weighted by Gasteiger charge is -2.34. The highest BCUT2D eigenvalue weighted by Gasteiger charge is 2.34. The van der Waals surface area contributed by atoms with Crippen molar-refractivity contribution in [3.8, 4) is 0 Å². The van der Waals surface area contributed by atoms with Crippen molar-refractivity contribution in [2.45, 2.75) is 39.5 Å². The SMILES string of the molecule is CC(=O)OCC1(CC(=O)N(Cc2ccccc2)C[Si](C)(C)C)C=CC(=O)C=C1. The zero-order valence-corrected chi connectivity index (χ0v) is 18.1. The average molecular weight is 400 g/mol. The summed E-state index contributed by atoms with van der Waals surface area (Å²) in [5.41, 5.74) is 0.290. The molecule has 1 aliphatic rings. The molecule has 0 N–H and O–H groups in total. The number of amides is 1. The Balaban J connectivity index is 2.22. The van der Waals surface area contributed by atoms with Crippen LogP contribution in [0, 0.1) is 5.41 Å². The van der Waals surface area contributed by atoms with Gasteiger partial charge in [0.25, 0.3) is 0 Å². The standard InChI is InChI=1S/C22H29NO4Si/c1-18(24)27-16-22(12-10-20(25)11-13-22)14-21(26)23(17-28(2,3)4)15-19-8-6-5-7-9-19/h5-13H,14-17H2,1-4H3. The smallest absolute Gasteiger partial charge is 0.302 e. The minimum Gasteiger partial charge on any atom is -0.465 e.